The molecule has 12 aromatic rings. The Morgan fingerprint density at radius 3 is 0.943 bits per heavy atom. The molecule has 0 amide bonds. The Balaban J connectivity index is 1.00. The van der Waals surface area contributed by atoms with Crippen LogP contribution in [0.2, 0.25) is 0 Å². The highest BCUT2D eigenvalue weighted by Crippen LogP contribution is 2.60. The van der Waals surface area contributed by atoms with Crippen LogP contribution in [0.1, 0.15) is 105 Å². The smallest absolute Gasteiger partial charge is 0.252 e. The normalized spacial score (nSPS) is 14.6. The van der Waals surface area contributed by atoms with E-state index in [1.807, 2.05) is 74.2 Å². The number of fused-ring (bicyclic) bond motifs is 10. The molecule has 0 N–H and O–H groups in total. The molecule has 0 atom stereocenters. The molecule has 0 saturated heterocycles. The van der Waals surface area contributed by atoms with Gasteiger partial charge in [0.25, 0.3) is 20.1 Å². The third-order valence-corrected chi connectivity index (χ3v) is 22.4. The van der Waals surface area contributed by atoms with Crippen LogP contribution >= 0.6 is 0 Å². The van der Waals surface area contributed by atoms with E-state index >= 15 is 35.1 Å². The number of hydrogen-bond acceptors (Lipinski definition) is 6. The summed E-state index contributed by atoms with van der Waals surface area (Å²) in [5, 5.41) is 0. The summed E-state index contributed by atoms with van der Waals surface area (Å²) in [4.78, 5) is 9.88. The van der Waals surface area contributed by atoms with Crippen molar-refractivity contribution in [2.45, 2.75) is 105 Å². The van der Waals surface area contributed by atoms with Crippen LogP contribution in [0.3, 0.4) is 0 Å². The number of hydrogen-bond donors (Lipinski definition) is 0. The van der Waals surface area contributed by atoms with Crippen LogP contribution in [0.5, 0.6) is 11.5 Å². The Bertz CT molecular complexity index is 5820. The van der Waals surface area contributed by atoms with Gasteiger partial charge < -0.3 is 29.2 Å². The fourth-order valence-electron chi connectivity index (χ4n) is 18.0. The molecule has 6 nitrogen and oxygen atoms in total. The van der Waals surface area contributed by atoms with Gasteiger partial charge in [-0.05, 0) is 178 Å². The van der Waals surface area contributed by atoms with E-state index in [1.54, 1.807) is 0 Å². The molecule has 7 aliphatic rings. The minimum absolute atomic E-state index is 0.0912. The van der Waals surface area contributed by atoms with Crippen molar-refractivity contribution in [3.05, 3.63) is 263 Å². The molecule has 0 aliphatic carbocycles. The maximum atomic E-state index is 17.0. The Hall–Kier alpha value is -10.9. The van der Waals surface area contributed by atoms with Crippen molar-refractivity contribution >= 4 is 155 Å². The van der Waals surface area contributed by atoms with E-state index in [0.717, 1.165) is 102 Å². The zero-order valence-electron chi connectivity index (χ0n) is 59.9. The van der Waals surface area contributed by atoms with E-state index in [-0.39, 0.29) is 22.7 Å². The van der Waals surface area contributed by atoms with Crippen molar-refractivity contribution in [2.24, 2.45) is 0 Å². The van der Waals surface area contributed by atoms with E-state index in [9.17, 15) is 0 Å². The van der Waals surface area contributed by atoms with Crippen molar-refractivity contribution in [3.63, 3.8) is 0 Å². The first-order valence-corrected chi connectivity index (χ1v) is 35.6. The average Bonchev–Trinajstić information content (AvgIpc) is 0.660. The van der Waals surface area contributed by atoms with Gasteiger partial charge in [0.2, 0.25) is 0 Å². The lowest BCUT2D eigenvalue weighted by atomic mass is 9.27. The molecule has 12 aromatic carbocycles. The van der Waals surface area contributed by atoms with Crippen LogP contribution < -0.4 is 78.4 Å². The molecule has 0 saturated carbocycles. The second kappa shape index (κ2) is 21.8. The van der Waals surface area contributed by atoms with Gasteiger partial charge in [0.15, 0.2) is 11.5 Å². The highest BCUT2D eigenvalue weighted by Gasteiger charge is 2.57. The van der Waals surface area contributed by atoms with E-state index in [1.165, 1.54) is 48.5 Å². The van der Waals surface area contributed by atoms with Crippen LogP contribution in [0, 0.1) is 46.5 Å². The van der Waals surface area contributed by atoms with Crippen molar-refractivity contribution in [1.82, 2.24) is 0 Å². The van der Waals surface area contributed by atoms with Gasteiger partial charge in [-0.25, -0.2) is 35.1 Å². The molecule has 0 spiro atoms. The maximum Gasteiger partial charge on any atom is 0.252 e. The average molecular weight is 1400 g/mol. The first-order valence-electron chi connectivity index (χ1n) is 35.6. The van der Waals surface area contributed by atoms with Gasteiger partial charge in [-0.15, -0.1) is 0 Å². The molecule has 0 aromatic heterocycles. The molecule has 0 fully saturated rings. The number of rotatable bonds is 5. The lowest BCUT2D eigenvalue weighted by molar-refractivity contribution is 0.432. The van der Waals surface area contributed by atoms with Crippen molar-refractivity contribution in [1.29, 1.82) is 0 Å². The number of benzene rings is 12. The third kappa shape index (κ3) is 9.50. The standard InChI is InChI=1S/C88H68B3F8N5O/c1-85(2,3)47-18-22-63-69(28-47)101(58-36-51(94)31-52(95)37-58)75-44-76-79-82-78(75)89(63)65-24-20-61(87(7,8)9)83-80(65)104(82)81-66(25-21-62(84(81)105-83)88(10,11)12)91(79)68-42-67-71(43-72(68)103(76)60-40-55(98)33-56(99)41-60)102(59-38-53(96)32-54(97)39-59)74-27-46(45-16-14-13-15-17-45)26-73-77(74)90(67)64-23-19-48(86(4,5)6)29-70(64)100(73)57-34-49(92)30-50(93)35-57/h13-44H,1-12H3. The predicted octanol–water partition coefficient (Wildman–Crippen LogP) is 18.5. The molecule has 0 bridgehead atoms. The van der Waals surface area contributed by atoms with Crippen LogP contribution in [-0.4, -0.2) is 20.1 Å². The van der Waals surface area contributed by atoms with Gasteiger partial charge in [0, 0.05) is 86.6 Å². The first kappa shape index (κ1) is 64.9. The molecule has 19 rings (SSSR count). The minimum Gasteiger partial charge on any atom is -0.452 e. The minimum atomic E-state index is -0.866. The monoisotopic (exact) mass is 1400 g/mol. The molecular weight excluding hydrogens is 1330 g/mol. The van der Waals surface area contributed by atoms with Crippen molar-refractivity contribution in [3.8, 4) is 22.6 Å². The second-order valence-corrected chi connectivity index (χ2v) is 33.3. The fraction of sp³-hybridized carbons (Fsp3) is 0.182. The summed E-state index contributed by atoms with van der Waals surface area (Å²) in [5.41, 5.74) is 17.6. The van der Waals surface area contributed by atoms with Crippen molar-refractivity contribution < 1.29 is 39.9 Å². The zero-order chi connectivity index (χ0) is 73.0. The first-order chi connectivity index (χ1) is 49.9. The number of ether oxygens (including phenoxy) is 1. The van der Waals surface area contributed by atoms with Crippen LogP contribution in [0.15, 0.2) is 194 Å². The molecule has 516 valence electrons. The van der Waals surface area contributed by atoms with Crippen LogP contribution in [0.4, 0.5) is 120 Å². The largest absolute Gasteiger partial charge is 0.452 e. The third-order valence-electron chi connectivity index (χ3n) is 22.4. The zero-order valence-corrected chi connectivity index (χ0v) is 59.9. The quantitative estimate of drug-likeness (QED) is 0.126. The summed E-state index contributed by atoms with van der Waals surface area (Å²) in [6.45, 7) is 23.6. The number of anilines is 15. The Labute approximate surface area is 606 Å². The summed E-state index contributed by atoms with van der Waals surface area (Å²) in [5.74, 6) is -5.34. The van der Waals surface area contributed by atoms with Gasteiger partial charge in [-0.2, -0.15) is 0 Å². The SMILES string of the molecule is CC(C)(C)c1ccc2c(c1)N(c1cc(F)cc(F)c1)c1cc(-c3ccccc3)cc3c1B2c1cc2c(cc1N3c1cc(F)cc(F)c1)N(c1cc(F)cc(F)c1)c1cc3c4c5c1B2c1ccc(C(C)(C)C)c2c1N5c1c(ccc(C(C)(C)C)c1O2)B4c1ccc(C(C)(C)C)cc1N3c1cc(F)cc(F)c1. The summed E-state index contributed by atoms with van der Waals surface area (Å²) >= 11 is 0. The summed E-state index contributed by atoms with van der Waals surface area (Å²) < 4.78 is 141. The maximum absolute atomic E-state index is 17.0. The fourth-order valence-corrected chi connectivity index (χ4v) is 18.0. The second-order valence-electron chi connectivity index (χ2n) is 33.3. The van der Waals surface area contributed by atoms with E-state index in [2.05, 4.69) is 155 Å². The molecule has 0 radical (unpaired) electrons. The van der Waals surface area contributed by atoms with E-state index in [0.29, 0.717) is 78.9 Å². The Morgan fingerprint density at radius 2 is 0.581 bits per heavy atom. The molecule has 105 heavy (non-hydrogen) atoms. The van der Waals surface area contributed by atoms with Crippen molar-refractivity contribution in [2.75, 3.05) is 24.5 Å². The molecule has 7 aliphatic heterocycles. The van der Waals surface area contributed by atoms with Gasteiger partial charge in [0.1, 0.15) is 46.5 Å². The Morgan fingerprint density at radius 1 is 0.257 bits per heavy atom. The molecule has 7 heterocycles. The predicted molar refractivity (Wildman–Crippen MR) is 414 cm³/mol. The van der Waals surface area contributed by atoms with E-state index < -0.39 is 88.3 Å². The molecular formula is C88H68B3F8N5O. The highest BCUT2D eigenvalue weighted by molar-refractivity contribution is 7.06. The number of halogens is 8. The van der Waals surface area contributed by atoms with Gasteiger partial charge in [-0.1, -0.05) is 168 Å². The number of nitrogens with zero attached hydrogens (tertiary/aromatic N) is 5. The lowest BCUT2D eigenvalue weighted by Crippen LogP contribution is -2.70. The lowest BCUT2D eigenvalue weighted by Gasteiger charge is -2.53. The Kier molecular flexibility index (Phi) is 13.5. The topological polar surface area (TPSA) is 25.4 Å². The van der Waals surface area contributed by atoms with Gasteiger partial charge in [0.05, 0.1) is 34.1 Å². The molecule has 0 unspecified atom stereocenters. The van der Waals surface area contributed by atoms with Gasteiger partial charge in [-0.3, -0.25) is 0 Å². The van der Waals surface area contributed by atoms with E-state index in [4.69, 9.17) is 4.74 Å². The summed E-state index contributed by atoms with van der Waals surface area (Å²) in [7, 11) is 0. The van der Waals surface area contributed by atoms with Crippen LogP contribution in [0.25, 0.3) is 11.1 Å². The highest BCUT2D eigenvalue weighted by atomic mass is 19.2. The summed E-state index contributed by atoms with van der Waals surface area (Å²) in [6, 6.07) is 54.8. The summed E-state index contributed by atoms with van der Waals surface area (Å²) in [6.07, 6.45) is 0. The molecule has 17 heteroatoms. The van der Waals surface area contributed by atoms with Crippen LogP contribution in [-0.2, 0) is 21.7 Å². The van der Waals surface area contributed by atoms with Gasteiger partial charge >= 0.3 is 0 Å².